The van der Waals surface area contributed by atoms with Gasteiger partial charge in [-0.1, -0.05) is 12.1 Å². The first-order chi connectivity index (χ1) is 16.5. The summed E-state index contributed by atoms with van der Waals surface area (Å²) < 4.78 is 4.77. The molecule has 1 amide bonds. The van der Waals surface area contributed by atoms with Crippen molar-refractivity contribution in [1.82, 2.24) is 14.8 Å². The summed E-state index contributed by atoms with van der Waals surface area (Å²) in [4.78, 5) is 55.3. The monoisotopic (exact) mass is 484 g/mol. The van der Waals surface area contributed by atoms with Gasteiger partial charge in [0.1, 0.15) is 11.5 Å². The number of nitro groups is 1. The van der Waals surface area contributed by atoms with Gasteiger partial charge in [0.05, 0.1) is 23.6 Å². The molecule has 1 saturated heterocycles. The van der Waals surface area contributed by atoms with E-state index in [1.165, 1.54) is 30.2 Å². The fraction of sp³-hybridized carbons (Fsp3) is 0.375. The van der Waals surface area contributed by atoms with E-state index in [0.717, 1.165) is 0 Å². The number of aliphatic hydroxyl groups is 1. The van der Waals surface area contributed by atoms with Crippen LogP contribution in [0.3, 0.4) is 0 Å². The zero-order valence-electron chi connectivity index (χ0n) is 20.2. The Hall–Kier alpha value is -3.99. The van der Waals surface area contributed by atoms with Crippen LogP contribution in [0.2, 0.25) is 0 Å². The molecule has 2 N–H and O–H groups in total. The van der Waals surface area contributed by atoms with Crippen LogP contribution in [0.4, 0.5) is 5.69 Å². The van der Waals surface area contributed by atoms with E-state index in [9.17, 15) is 29.6 Å². The molecule has 2 heterocycles. The Labute approximate surface area is 202 Å². The molecule has 1 aromatic carbocycles. The summed E-state index contributed by atoms with van der Waals surface area (Å²) in [6, 6.07) is 4.61. The van der Waals surface area contributed by atoms with Gasteiger partial charge in [-0.25, -0.2) is 4.79 Å². The number of nitrogens with one attached hydrogen (secondary N) is 1. The number of aromatic nitrogens is 1. The minimum atomic E-state index is -1.03. The van der Waals surface area contributed by atoms with Crippen molar-refractivity contribution >= 4 is 29.1 Å². The Kier molecular flexibility index (Phi) is 7.39. The number of amides is 1. The molecule has 1 atom stereocenters. The standard InChI is InChI=1S/C24H28N4O7/c1-13-17(14(2)25-19(13)24(32)35-5)21(29)18-20(15-8-6-9-16(12-15)28(33)34)27(23(31)22(18)30)11-7-10-26(3)4/h6,8-9,12,20,25,29H,7,10-11H2,1-5H3/b21-18+/t20-/m0/s1. The second-order valence-electron chi connectivity index (χ2n) is 8.62. The number of ketones is 1. The van der Waals surface area contributed by atoms with E-state index in [1.807, 2.05) is 19.0 Å². The van der Waals surface area contributed by atoms with Crippen molar-refractivity contribution in [3.63, 3.8) is 0 Å². The fourth-order valence-electron chi connectivity index (χ4n) is 4.37. The van der Waals surface area contributed by atoms with E-state index in [0.29, 0.717) is 29.8 Å². The van der Waals surface area contributed by atoms with Crippen molar-refractivity contribution in [3.8, 4) is 0 Å². The molecule has 186 valence electrons. The van der Waals surface area contributed by atoms with Crippen molar-refractivity contribution in [2.24, 2.45) is 0 Å². The molecule has 1 aliphatic heterocycles. The van der Waals surface area contributed by atoms with Crippen LogP contribution in [-0.2, 0) is 14.3 Å². The molecule has 0 aliphatic carbocycles. The van der Waals surface area contributed by atoms with E-state index in [-0.39, 0.29) is 29.1 Å². The summed E-state index contributed by atoms with van der Waals surface area (Å²) in [5.41, 5.74) is 0.986. The van der Waals surface area contributed by atoms with Crippen molar-refractivity contribution in [3.05, 3.63) is 68.0 Å². The van der Waals surface area contributed by atoms with Gasteiger partial charge >= 0.3 is 5.97 Å². The number of nitro benzene ring substituents is 1. The second kappa shape index (κ2) is 10.1. The van der Waals surface area contributed by atoms with Crippen molar-refractivity contribution in [1.29, 1.82) is 0 Å². The molecule has 0 spiro atoms. The molecule has 0 radical (unpaired) electrons. The van der Waals surface area contributed by atoms with Crippen LogP contribution in [0.15, 0.2) is 29.8 Å². The molecule has 0 unspecified atom stereocenters. The maximum atomic E-state index is 13.2. The normalized spacial score (nSPS) is 17.3. The number of carbonyl (C=O) groups is 3. The lowest BCUT2D eigenvalue weighted by Crippen LogP contribution is -2.32. The number of rotatable bonds is 8. The Balaban J connectivity index is 2.22. The van der Waals surface area contributed by atoms with Gasteiger partial charge < -0.3 is 24.6 Å². The number of nitrogens with zero attached hydrogens (tertiary/aromatic N) is 3. The Bertz CT molecular complexity index is 1230. The van der Waals surface area contributed by atoms with Gasteiger partial charge in [0.15, 0.2) is 0 Å². The van der Waals surface area contributed by atoms with Crippen LogP contribution in [0.25, 0.3) is 5.76 Å². The quantitative estimate of drug-likeness (QED) is 0.145. The third-order valence-corrected chi connectivity index (χ3v) is 6.00. The number of carbonyl (C=O) groups excluding carboxylic acids is 3. The lowest BCUT2D eigenvalue weighted by atomic mass is 9.93. The van der Waals surface area contributed by atoms with Crippen molar-refractivity contribution in [2.45, 2.75) is 26.3 Å². The topological polar surface area (TPSA) is 146 Å². The summed E-state index contributed by atoms with van der Waals surface area (Å²) in [5.74, 6) is -2.82. The third-order valence-electron chi connectivity index (χ3n) is 6.00. The van der Waals surface area contributed by atoms with Crippen LogP contribution < -0.4 is 0 Å². The molecule has 3 rings (SSSR count). The Morgan fingerprint density at radius 3 is 2.57 bits per heavy atom. The van der Waals surface area contributed by atoms with Crippen LogP contribution in [0.5, 0.6) is 0 Å². The number of aryl methyl sites for hydroxylation is 1. The van der Waals surface area contributed by atoms with Gasteiger partial charge in [0, 0.05) is 29.9 Å². The van der Waals surface area contributed by atoms with Gasteiger partial charge in [-0.2, -0.15) is 0 Å². The van der Waals surface area contributed by atoms with E-state index in [2.05, 4.69) is 4.98 Å². The van der Waals surface area contributed by atoms with Crippen LogP contribution in [0, 0.1) is 24.0 Å². The van der Waals surface area contributed by atoms with E-state index in [4.69, 9.17) is 4.74 Å². The highest BCUT2D eigenvalue weighted by Gasteiger charge is 2.46. The summed E-state index contributed by atoms with van der Waals surface area (Å²) >= 11 is 0. The second-order valence-corrected chi connectivity index (χ2v) is 8.62. The average molecular weight is 485 g/mol. The number of non-ortho nitro benzene ring substituents is 1. The predicted molar refractivity (Wildman–Crippen MR) is 127 cm³/mol. The lowest BCUT2D eigenvalue weighted by Gasteiger charge is -2.26. The number of hydrogen-bond acceptors (Lipinski definition) is 8. The molecule has 11 nitrogen and oxygen atoms in total. The highest BCUT2D eigenvalue weighted by molar-refractivity contribution is 6.46. The predicted octanol–water partition coefficient (Wildman–Crippen LogP) is 2.70. The number of likely N-dealkylation sites (tertiary alicyclic amines) is 1. The number of aliphatic hydroxyl groups excluding tert-OH is 1. The SMILES string of the molecule is COC(=O)c1[nH]c(C)c(/C(O)=C2\C(=O)C(=O)N(CCCN(C)C)[C@H]2c2cccc([N+](=O)[O-])c2)c1C. The lowest BCUT2D eigenvalue weighted by molar-refractivity contribution is -0.384. The number of hydrogen-bond donors (Lipinski definition) is 2. The van der Waals surface area contributed by atoms with E-state index in [1.54, 1.807) is 19.9 Å². The van der Waals surface area contributed by atoms with Gasteiger partial charge in [0.2, 0.25) is 0 Å². The first-order valence-electron chi connectivity index (χ1n) is 10.9. The molecular weight excluding hydrogens is 456 g/mol. The first kappa shape index (κ1) is 25.6. The fourth-order valence-corrected chi connectivity index (χ4v) is 4.37. The van der Waals surface area contributed by atoms with Crippen LogP contribution in [0.1, 0.15) is 45.3 Å². The zero-order chi connectivity index (χ0) is 26.0. The molecule has 1 aromatic heterocycles. The van der Waals surface area contributed by atoms with Crippen LogP contribution in [-0.4, -0.2) is 76.8 Å². The minimum absolute atomic E-state index is 0.110. The molecule has 1 fully saturated rings. The number of benzene rings is 1. The largest absolute Gasteiger partial charge is 0.507 e. The van der Waals surface area contributed by atoms with Gasteiger partial charge in [-0.3, -0.25) is 19.7 Å². The minimum Gasteiger partial charge on any atom is -0.507 e. The zero-order valence-corrected chi connectivity index (χ0v) is 20.2. The molecule has 35 heavy (non-hydrogen) atoms. The third kappa shape index (κ3) is 4.80. The number of methoxy groups -OCH3 is 1. The van der Waals surface area contributed by atoms with Crippen molar-refractivity contribution < 1.29 is 29.2 Å². The molecule has 1 aliphatic rings. The molecule has 0 saturated carbocycles. The molecule has 0 bridgehead atoms. The van der Waals surface area contributed by atoms with Crippen LogP contribution >= 0.6 is 0 Å². The molecule has 11 heteroatoms. The number of ether oxygens (including phenoxy) is 1. The van der Waals surface area contributed by atoms with E-state index < -0.39 is 34.4 Å². The number of aromatic amines is 1. The maximum Gasteiger partial charge on any atom is 0.354 e. The Morgan fingerprint density at radius 2 is 1.97 bits per heavy atom. The average Bonchev–Trinajstić information content (AvgIpc) is 3.25. The Morgan fingerprint density at radius 1 is 1.29 bits per heavy atom. The van der Waals surface area contributed by atoms with Gasteiger partial charge in [0.25, 0.3) is 17.4 Å². The highest BCUT2D eigenvalue weighted by atomic mass is 16.6. The summed E-state index contributed by atoms with van der Waals surface area (Å²) in [6.07, 6.45) is 0.542. The summed E-state index contributed by atoms with van der Waals surface area (Å²) in [6.45, 7) is 4.04. The molecular formula is C24H28N4O7. The van der Waals surface area contributed by atoms with Gasteiger partial charge in [-0.05, 0) is 52.0 Å². The molecule has 2 aromatic rings. The van der Waals surface area contributed by atoms with Crippen molar-refractivity contribution in [2.75, 3.05) is 34.3 Å². The van der Waals surface area contributed by atoms with E-state index >= 15 is 0 Å². The summed E-state index contributed by atoms with van der Waals surface area (Å²) in [7, 11) is 4.98. The highest BCUT2D eigenvalue weighted by Crippen LogP contribution is 2.41. The number of Topliss-reactive ketones (excluding diaryl/α,β-unsaturated/α-hetero) is 1. The maximum absolute atomic E-state index is 13.2. The number of H-pyrrole nitrogens is 1. The first-order valence-corrected chi connectivity index (χ1v) is 10.9. The number of esters is 1. The summed E-state index contributed by atoms with van der Waals surface area (Å²) in [5, 5.41) is 22.7. The van der Waals surface area contributed by atoms with Gasteiger partial charge in [-0.15, -0.1) is 0 Å². The smallest absolute Gasteiger partial charge is 0.354 e.